The molecule has 0 radical (unpaired) electrons. The van der Waals surface area contributed by atoms with Crippen molar-refractivity contribution in [3.8, 4) is 11.5 Å². The Balaban J connectivity index is 1.25. The van der Waals surface area contributed by atoms with Gasteiger partial charge in [0.2, 0.25) is 0 Å². The van der Waals surface area contributed by atoms with Gasteiger partial charge < -0.3 is 28.4 Å². The maximum Gasteiger partial charge on any atom is 0.119 e. The molecule has 2 fully saturated rings. The Kier molecular flexibility index (Phi) is 9.17. The maximum atomic E-state index is 5.98. The van der Waals surface area contributed by atoms with Gasteiger partial charge in [-0.05, 0) is 72.7 Å². The average molecular weight is 507 g/mol. The first kappa shape index (κ1) is 25.8. The molecule has 0 spiro atoms. The van der Waals surface area contributed by atoms with Crippen LogP contribution in [-0.4, -0.2) is 59.0 Å². The van der Waals surface area contributed by atoms with E-state index in [4.69, 9.17) is 28.4 Å². The molecule has 0 amide bonds. The molecule has 2 heterocycles. The van der Waals surface area contributed by atoms with Crippen molar-refractivity contribution in [3.63, 3.8) is 0 Å². The van der Waals surface area contributed by atoms with Crippen LogP contribution in [0.25, 0.3) is 0 Å². The highest BCUT2D eigenvalue weighted by Gasteiger charge is 2.26. The fourth-order valence-corrected chi connectivity index (χ4v) is 4.70. The molecule has 0 N–H and O–H groups in total. The standard InChI is InChI=1S/C31H38O6/c1-32-17-2-3-18-33-26-10-4-23(5-11-26)31(25-8-14-28(15-9-25)36-21-30-22-37-30)24-6-12-27(13-7-24)35-20-29-16-19-34-29/h4,6-15,23,29-31H,2-3,5,16-22H2,1H3. The predicted molar refractivity (Wildman–Crippen MR) is 142 cm³/mol. The number of hydrogen-bond donors (Lipinski definition) is 0. The summed E-state index contributed by atoms with van der Waals surface area (Å²) in [5, 5.41) is 0. The van der Waals surface area contributed by atoms with Gasteiger partial charge in [-0.2, -0.15) is 0 Å². The van der Waals surface area contributed by atoms with E-state index in [2.05, 4.69) is 66.8 Å². The third kappa shape index (κ3) is 7.60. The van der Waals surface area contributed by atoms with Gasteiger partial charge in [0.25, 0.3) is 0 Å². The first-order chi connectivity index (χ1) is 18.3. The highest BCUT2D eigenvalue weighted by molar-refractivity contribution is 5.41. The summed E-state index contributed by atoms with van der Waals surface area (Å²) >= 11 is 0. The molecule has 3 aliphatic rings. The van der Waals surface area contributed by atoms with Gasteiger partial charge in [0.15, 0.2) is 0 Å². The van der Waals surface area contributed by atoms with E-state index in [0.29, 0.717) is 25.7 Å². The van der Waals surface area contributed by atoms with E-state index in [-0.39, 0.29) is 18.1 Å². The molecule has 2 aliphatic heterocycles. The SMILES string of the molecule is COCCCCOC1=CCC(C(c2ccc(OCC3CCO3)cc2)c2ccc(OCC3CO3)cc2)C=C1. The van der Waals surface area contributed by atoms with E-state index in [1.54, 1.807) is 7.11 Å². The van der Waals surface area contributed by atoms with E-state index in [9.17, 15) is 0 Å². The Bertz CT molecular complexity index is 1020. The second-order valence-corrected chi connectivity index (χ2v) is 9.89. The third-order valence-corrected chi connectivity index (χ3v) is 7.08. The van der Waals surface area contributed by atoms with Gasteiger partial charge in [0.05, 0.1) is 19.3 Å². The highest BCUT2D eigenvalue weighted by Crippen LogP contribution is 2.38. The van der Waals surface area contributed by atoms with Crippen molar-refractivity contribution in [2.24, 2.45) is 5.92 Å². The van der Waals surface area contributed by atoms with E-state index in [0.717, 1.165) is 62.8 Å². The fraction of sp³-hybridized carbons (Fsp3) is 0.484. The van der Waals surface area contributed by atoms with Gasteiger partial charge in [-0.25, -0.2) is 0 Å². The summed E-state index contributed by atoms with van der Waals surface area (Å²) in [7, 11) is 1.73. The largest absolute Gasteiger partial charge is 0.494 e. The third-order valence-electron chi connectivity index (χ3n) is 7.08. The molecule has 1 aliphatic carbocycles. The van der Waals surface area contributed by atoms with Crippen LogP contribution in [-0.2, 0) is 18.9 Å². The van der Waals surface area contributed by atoms with Crippen molar-refractivity contribution < 1.29 is 28.4 Å². The van der Waals surface area contributed by atoms with Crippen molar-refractivity contribution in [1.29, 1.82) is 0 Å². The van der Waals surface area contributed by atoms with Crippen LogP contribution in [0.3, 0.4) is 0 Å². The minimum Gasteiger partial charge on any atom is -0.494 e. The van der Waals surface area contributed by atoms with Gasteiger partial charge in [-0.1, -0.05) is 30.3 Å². The highest BCUT2D eigenvalue weighted by atomic mass is 16.6. The van der Waals surface area contributed by atoms with Crippen molar-refractivity contribution in [2.75, 3.05) is 46.8 Å². The zero-order valence-electron chi connectivity index (χ0n) is 21.7. The summed E-state index contributed by atoms with van der Waals surface area (Å²) in [5.74, 6) is 3.25. The molecular weight excluding hydrogens is 468 g/mol. The Morgan fingerprint density at radius 1 is 0.811 bits per heavy atom. The summed E-state index contributed by atoms with van der Waals surface area (Å²) < 4.78 is 33.6. The molecule has 0 saturated carbocycles. The number of unbranched alkanes of at least 4 members (excludes halogenated alkanes) is 1. The summed E-state index contributed by atoms with van der Waals surface area (Å²) in [4.78, 5) is 0. The van der Waals surface area contributed by atoms with Gasteiger partial charge in [-0.15, -0.1) is 0 Å². The zero-order valence-corrected chi connectivity index (χ0v) is 21.7. The van der Waals surface area contributed by atoms with Gasteiger partial charge in [0.1, 0.15) is 36.6 Å². The maximum absolute atomic E-state index is 5.98. The number of benzene rings is 2. The fourth-order valence-electron chi connectivity index (χ4n) is 4.70. The number of allylic oxidation sites excluding steroid dienone is 3. The first-order valence-corrected chi connectivity index (χ1v) is 13.5. The lowest BCUT2D eigenvalue weighted by Crippen LogP contribution is -2.32. The molecule has 2 saturated heterocycles. The predicted octanol–water partition coefficient (Wildman–Crippen LogP) is 5.67. The van der Waals surface area contributed by atoms with Crippen molar-refractivity contribution in [1.82, 2.24) is 0 Å². The molecule has 2 aromatic rings. The van der Waals surface area contributed by atoms with Crippen LogP contribution < -0.4 is 9.47 Å². The molecule has 0 bridgehead atoms. The minimum absolute atomic E-state index is 0.209. The molecule has 37 heavy (non-hydrogen) atoms. The number of epoxide rings is 1. The van der Waals surface area contributed by atoms with Crippen LogP contribution in [0.5, 0.6) is 11.5 Å². The lowest BCUT2D eigenvalue weighted by molar-refractivity contribution is -0.0720. The van der Waals surface area contributed by atoms with Crippen molar-refractivity contribution in [2.45, 2.75) is 43.8 Å². The Labute approximate surface area is 220 Å². The van der Waals surface area contributed by atoms with Crippen LogP contribution in [0, 0.1) is 5.92 Å². The Morgan fingerprint density at radius 3 is 1.95 bits per heavy atom. The van der Waals surface area contributed by atoms with Gasteiger partial charge in [0, 0.05) is 32.7 Å². The topological polar surface area (TPSA) is 58.7 Å². The Hall–Kier alpha value is -2.80. The molecule has 4 unspecified atom stereocenters. The Morgan fingerprint density at radius 2 is 1.43 bits per heavy atom. The van der Waals surface area contributed by atoms with Crippen LogP contribution in [0.4, 0.5) is 0 Å². The number of ether oxygens (including phenoxy) is 6. The molecule has 0 aromatic heterocycles. The average Bonchev–Trinajstić information content (AvgIpc) is 3.74. The van der Waals surface area contributed by atoms with E-state index >= 15 is 0 Å². The lowest BCUT2D eigenvalue weighted by atomic mass is 9.77. The van der Waals surface area contributed by atoms with Crippen LogP contribution in [0.15, 0.2) is 72.5 Å². The van der Waals surface area contributed by atoms with Gasteiger partial charge in [-0.3, -0.25) is 0 Å². The second kappa shape index (κ2) is 13.1. The second-order valence-electron chi connectivity index (χ2n) is 9.89. The number of hydrogen-bond acceptors (Lipinski definition) is 6. The summed E-state index contributed by atoms with van der Waals surface area (Å²) in [5.41, 5.74) is 2.53. The summed E-state index contributed by atoms with van der Waals surface area (Å²) in [6.45, 7) is 4.36. The first-order valence-electron chi connectivity index (χ1n) is 13.5. The molecule has 2 aromatic carbocycles. The van der Waals surface area contributed by atoms with E-state index in [1.807, 2.05) is 0 Å². The lowest BCUT2D eigenvalue weighted by Gasteiger charge is -2.28. The van der Waals surface area contributed by atoms with E-state index in [1.165, 1.54) is 11.1 Å². The number of rotatable bonds is 15. The monoisotopic (exact) mass is 506 g/mol. The van der Waals surface area contributed by atoms with Crippen LogP contribution >= 0.6 is 0 Å². The quantitative estimate of drug-likeness (QED) is 0.229. The molecule has 4 atom stereocenters. The molecule has 6 heteroatoms. The molecule has 5 rings (SSSR count). The van der Waals surface area contributed by atoms with Crippen LogP contribution in [0.1, 0.15) is 42.7 Å². The zero-order chi connectivity index (χ0) is 25.3. The van der Waals surface area contributed by atoms with Crippen LogP contribution in [0.2, 0.25) is 0 Å². The normalized spacial score (nSPS) is 23.1. The number of methoxy groups -OCH3 is 1. The van der Waals surface area contributed by atoms with E-state index < -0.39 is 0 Å². The minimum atomic E-state index is 0.209. The molecule has 198 valence electrons. The van der Waals surface area contributed by atoms with Crippen molar-refractivity contribution in [3.05, 3.63) is 83.6 Å². The van der Waals surface area contributed by atoms with Crippen molar-refractivity contribution >= 4 is 0 Å². The summed E-state index contributed by atoms with van der Waals surface area (Å²) in [6, 6.07) is 17.0. The van der Waals surface area contributed by atoms with Gasteiger partial charge >= 0.3 is 0 Å². The smallest absolute Gasteiger partial charge is 0.119 e. The molecule has 6 nitrogen and oxygen atoms in total. The molecular formula is C31H38O6. The summed E-state index contributed by atoms with van der Waals surface area (Å²) in [6.07, 6.45) is 11.1.